The summed E-state index contributed by atoms with van der Waals surface area (Å²) in [4.78, 5) is 6.64. The molecule has 4 nitrogen and oxygen atoms in total. The molecule has 0 saturated heterocycles. The fraction of sp³-hybridized carbons (Fsp3) is 0.714. The van der Waals surface area contributed by atoms with Gasteiger partial charge >= 0.3 is 0 Å². The normalized spacial score (nSPS) is 11.2. The Kier molecular flexibility index (Phi) is 5.87. The molecule has 0 atom stereocenters. The van der Waals surface area contributed by atoms with Gasteiger partial charge in [0.25, 0.3) is 0 Å². The number of hydrogen-bond donors (Lipinski definition) is 0. The van der Waals surface area contributed by atoms with Gasteiger partial charge in [0.1, 0.15) is 5.76 Å². The highest BCUT2D eigenvalue weighted by atomic mass is 16.4. The number of aryl methyl sites for hydroxylation is 2. The lowest BCUT2D eigenvalue weighted by Gasteiger charge is -2.20. The van der Waals surface area contributed by atoms with Gasteiger partial charge in [0.15, 0.2) is 0 Å². The molecule has 1 aromatic rings. The number of nitrogens with zero attached hydrogens (tertiary/aromatic N) is 3. The van der Waals surface area contributed by atoms with Crippen molar-refractivity contribution in [2.75, 3.05) is 13.1 Å². The average Bonchev–Trinajstić information content (AvgIpc) is 2.61. The summed E-state index contributed by atoms with van der Waals surface area (Å²) in [6, 6.07) is 2.20. The van der Waals surface area contributed by atoms with Crippen LogP contribution < -0.4 is 0 Å². The van der Waals surface area contributed by atoms with E-state index < -0.39 is 0 Å². The third kappa shape index (κ3) is 4.89. The summed E-state index contributed by atoms with van der Waals surface area (Å²) in [5, 5.41) is 8.69. The fourth-order valence-corrected chi connectivity index (χ4v) is 1.72. The molecule has 0 aliphatic carbocycles. The van der Waals surface area contributed by atoms with Gasteiger partial charge < -0.3 is 4.42 Å². The Balaban J connectivity index is 2.56. The highest BCUT2D eigenvalue weighted by Crippen LogP contribution is 2.12. The van der Waals surface area contributed by atoms with E-state index in [1.165, 1.54) is 0 Å². The van der Waals surface area contributed by atoms with E-state index in [0.717, 1.165) is 36.9 Å². The van der Waals surface area contributed by atoms with Crippen molar-refractivity contribution in [1.29, 1.82) is 5.26 Å². The predicted molar refractivity (Wildman–Crippen MR) is 70.9 cm³/mol. The fourth-order valence-electron chi connectivity index (χ4n) is 1.72. The van der Waals surface area contributed by atoms with Gasteiger partial charge in [0.05, 0.1) is 18.3 Å². The molecule has 0 fully saturated rings. The monoisotopic (exact) mass is 249 g/mol. The molecule has 0 aromatic carbocycles. The van der Waals surface area contributed by atoms with Crippen LogP contribution in [0.3, 0.4) is 0 Å². The van der Waals surface area contributed by atoms with E-state index in [0.29, 0.717) is 18.9 Å². The summed E-state index contributed by atoms with van der Waals surface area (Å²) in [5.74, 6) is 2.31. The molecule has 4 heteroatoms. The lowest BCUT2D eigenvalue weighted by molar-refractivity contribution is 0.229. The molecule has 1 aromatic heterocycles. The third-order valence-electron chi connectivity index (χ3n) is 2.99. The first kappa shape index (κ1) is 14.7. The van der Waals surface area contributed by atoms with Gasteiger partial charge in [-0.1, -0.05) is 13.8 Å². The summed E-state index contributed by atoms with van der Waals surface area (Å²) >= 11 is 0. The lowest BCUT2D eigenvalue weighted by Crippen LogP contribution is -2.26. The molecular weight excluding hydrogens is 226 g/mol. The third-order valence-corrected chi connectivity index (χ3v) is 2.99. The van der Waals surface area contributed by atoms with E-state index in [2.05, 4.69) is 29.8 Å². The molecular formula is C14H23N3O. The van der Waals surface area contributed by atoms with Crippen LogP contribution in [0.5, 0.6) is 0 Å². The van der Waals surface area contributed by atoms with E-state index in [-0.39, 0.29) is 0 Å². The number of aromatic nitrogens is 1. The van der Waals surface area contributed by atoms with Crippen LogP contribution in [0.2, 0.25) is 0 Å². The quantitative estimate of drug-likeness (QED) is 0.745. The van der Waals surface area contributed by atoms with Crippen LogP contribution in [0.4, 0.5) is 0 Å². The molecule has 0 aliphatic rings. The number of hydrogen-bond acceptors (Lipinski definition) is 4. The first-order chi connectivity index (χ1) is 8.52. The molecule has 1 heterocycles. The second kappa shape index (κ2) is 7.17. The van der Waals surface area contributed by atoms with Gasteiger partial charge in [-0.25, -0.2) is 4.98 Å². The zero-order chi connectivity index (χ0) is 13.5. The molecule has 0 amide bonds. The smallest absolute Gasteiger partial charge is 0.208 e. The summed E-state index contributed by atoms with van der Waals surface area (Å²) in [6.45, 7) is 10.8. The molecule has 0 unspecified atom stereocenters. The molecule has 0 radical (unpaired) electrons. The Morgan fingerprint density at radius 3 is 2.56 bits per heavy atom. The summed E-state index contributed by atoms with van der Waals surface area (Å²) in [6.07, 6.45) is 1.68. The van der Waals surface area contributed by atoms with Gasteiger partial charge in [-0.15, -0.1) is 0 Å². The highest BCUT2D eigenvalue weighted by molar-refractivity contribution is 5.05. The van der Waals surface area contributed by atoms with Crippen LogP contribution in [0.25, 0.3) is 0 Å². The topological polar surface area (TPSA) is 53.1 Å². The number of nitriles is 1. The van der Waals surface area contributed by atoms with Crippen molar-refractivity contribution in [2.24, 2.45) is 5.92 Å². The maximum atomic E-state index is 8.69. The molecule has 1 rings (SSSR count). The van der Waals surface area contributed by atoms with Gasteiger partial charge in [0, 0.05) is 13.0 Å². The van der Waals surface area contributed by atoms with E-state index in [1.807, 2.05) is 13.8 Å². The molecule has 0 saturated carbocycles. The minimum atomic E-state index is 0.552. The van der Waals surface area contributed by atoms with Crippen LogP contribution in [-0.4, -0.2) is 23.0 Å². The second-order valence-corrected chi connectivity index (χ2v) is 5.12. The largest absolute Gasteiger partial charge is 0.444 e. The molecule has 0 N–H and O–H groups in total. The van der Waals surface area contributed by atoms with Gasteiger partial charge in [0.2, 0.25) is 5.89 Å². The minimum absolute atomic E-state index is 0.552. The van der Waals surface area contributed by atoms with Crippen molar-refractivity contribution >= 4 is 0 Å². The van der Waals surface area contributed by atoms with Crippen LogP contribution in [0, 0.1) is 31.1 Å². The van der Waals surface area contributed by atoms with Crippen LogP contribution >= 0.6 is 0 Å². The van der Waals surface area contributed by atoms with Gasteiger partial charge in [-0.2, -0.15) is 5.26 Å². The maximum absolute atomic E-state index is 8.69. The Labute approximate surface area is 110 Å². The van der Waals surface area contributed by atoms with Crippen molar-refractivity contribution in [1.82, 2.24) is 9.88 Å². The number of oxazole rings is 1. The Morgan fingerprint density at radius 2 is 2.06 bits per heavy atom. The van der Waals surface area contributed by atoms with Gasteiger partial charge in [-0.3, -0.25) is 4.90 Å². The summed E-state index contributed by atoms with van der Waals surface area (Å²) in [5.41, 5.74) is 0.953. The van der Waals surface area contributed by atoms with Crippen molar-refractivity contribution < 1.29 is 4.42 Å². The zero-order valence-electron chi connectivity index (χ0n) is 11.9. The van der Waals surface area contributed by atoms with Crippen molar-refractivity contribution in [3.05, 3.63) is 17.3 Å². The van der Waals surface area contributed by atoms with Gasteiger partial charge in [-0.05, 0) is 32.7 Å². The predicted octanol–water partition coefficient (Wildman–Crippen LogP) is 3.05. The summed E-state index contributed by atoms with van der Waals surface area (Å²) < 4.78 is 5.60. The molecule has 100 valence electrons. The van der Waals surface area contributed by atoms with Crippen molar-refractivity contribution in [3.8, 4) is 6.07 Å². The SMILES string of the molecule is Cc1nc(CN(CCC#N)CCC(C)C)oc1C. The highest BCUT2D eigenvalue weighted by Gasteiger charge is 2.12. The maximum Gasteiger partial charge on any atom is 0.208 e. The lowest BCUT2D eigenvalue weighted by atomic mass is 10.1. The molecule has 18 heavy (non-hydrogen) atoms. The average molecular weight is 249 g/mol. The zero-order valence-corrected chi connectivity index (χ0v) is 11.9. The number of rotatable bonds is 7. The van der Waals surface area contributed by atoms with Crippen LogP contribution in [0.1, 0.15) is 44.0 Å². The van der Waals surface area contributed by atoms with Crippen LogP contribution in [-0.2, 0) is 6.54 Å². The second-order valence-electron chi connectivity index (χ2n) is 5.12. The first-order valence-corrected chi connectivity index (χ1v) is 6.55. The minimum Gasteiger partial charge on any atom is -0.444 e. The van der Waals surface area contributed by atoms with Crippen LogP contribution in [0.15, 0.2) is 4.42 Å². The van der Waals surface area contributed by atoms with E-state index >= 15 is 0 Å². The Hall–Kier alpha value is -1.34. The van der Waals surface area contributed by atoms with E-state index in [1.54, 1.807) is 0 Å². The van der Waals surface area contributed by atoms with Crippen molar-refractivity contribution in [2.45, 2.75) is 47.1 Å². The molecule has 0 aliphatic heterocycles. The first-order valence-electron chi connectivity index (χ1n) is 6.55. The standard InChI is InChI=1S/C14H23N3O/c1-11(2)6-9-17(8-5-7-15)10-14-16-12(3)13(4)18-14/h11H,5-6,8-10H2,1-4H3. The molecule has 0 spiro atoms. The Bertz CT molecular complexity index is 384. The summed E-state index contributed by atoms with van der Waals surface area (Å²) in [7, 11) is 0. The van der Waals surface area contributed by atoms with E-state index in [9.17, 15) is 0 Å². The van der Waals surface area contributed by atoms with E-state index in [4.69, 9.17) is 9.68 Å². The Morgan fingerprint density at radius 1 is 1.33 bits per heavy atom. The van der Waals surface area contributed by atoms with Crippen molar-refractivity contribution in [3.63, 3.8) is 0 Å². The molecule has 0 bridgehead atoms.